The summed E-state index contributed by atoms with van der Waals surface area (Å²) in [6.45, 7) is 6.41. The summed E-state index contributed by atoms with van der Waals surface area (Å²) in [6.07, 6.45) is 3.11. The first-order valence-electron chi connectivity index (χ1n) is 13.3. The number of hydrogen-bond donors (Lipinski definition) is 0. The fourth-order valence-electron chi connectivity index (χ4n) is 4.76. The van der Waals surface area contributed by atoms with Gasteiger partial charge in [0.1, 0.15) is 0 Å². The van der Waals surface area contributed by atoms with Crippen molar-refractivity contribution in [2.75, 3.05) is 31.1 Å². The molecule has 0 bridgehead atoms. The average Bonchev–Trinajstić information content (AvgIpc) is 2.96. The predicted molar refractivity (Wildman–Crippen MR) is 155 cm³/mol. The molecule has 9 nitrogen and oxygen atoms in total. The van der Waals surface area contributed by atoms with E-state index in [0.717, 1.165) is 24.1 Å². The molecule has 1 aliphatic rings. The number of thioether (sulfide) groups is 1. The van der Waals surface area contributed by atoms with Gasteiger partial charge in [-0.05, 0) is 31.0 Å². The Morgan fingerprint density at radius 3 is 2.36 bits per heavy atom. The molecule has 2 aromatic carbocycles. The third-order valence-corrected chi connectivity index (χ3v) is 8.43. The lowest BCUT2D eigenvalue weighted by atomic mass is 10.1. The van der Waals surface area contributed by atoms with Crippen molar-refractivity contribution < 1.29 is 9.72 Å². The molecule has 1 aliphatic heterocycles. The van der Waals surface area contributed by atoms with Crippen molar-refractivity contribution in [3.8, 4) is 0 Å². The summed E-state index contributed by atoms with van der Waals surface area (Å²) in [5, 5.41) is 11.2. The second-order valence-electron chi connectivity index (χ2n) is 9.82. The van der Waals surface area contributed by atoms with E-state index in [1.54, 1.807) is 23.7 Å². The van der Waals surface area contributed by atoms with Gasteiger partial charge in [-0.25, -0.2) is 4.98 Å². The van der Waals surface area contributed by atoms with Gasteiger partial charge in [0.25, 0.3) is 11.2 Å². The molecule has 0 spiro atoms. The number of carbonyl (C=O) groups is 1. The summed E-state index contributed by atoms with van der Waals surface area (Å²) < 4.78 is 1.58. The third kappa shape index (κ3) is 6.86. The number of nitro groups is 1. The lowest BCUT2D eigenvalue weighted by molar-refractivity contribution is -0.384. The fourth-order valence-corrected chi connectivity index (χ4v) is 5.98. The van der Waals surface area contributed by atoms with Crippen LogP contribution in [0.5, 0.6) is 0 Å². The summed E-state index contributed by atoms with van der Waals surface area (Å²) in [5.74, 6) is 0.0667. The molecule has 10 heteroatoms. The van der Waals surface area contributed by atoms with E-state index in [0.29, 0.717) is 55.4 Å². The van der Waals surface area contributed by atoms with E-state index < -0.39 is 4.92 Å². The quantitative estimate of drug-likeness (QED) is 0.158. The molecule has 1 saturated heterocycles. The van der Waals surface area contributed by atoms with Gasteiger partial charge in [-0.15, -0.1) is 0 Å². The predicted octanol–water partition coefficient (Wildman–Crippen LogP) is 4.59. The number of amides is 1. The minimum atomic E-state index is -0.405. The average molecular weight is 550 g/mol. The second kappa shape index (κ2) is 12.9. The first-order valence-corrected chi connectivity index (χ1v) is 14.2. The van der Waals surface area contributed by atoms with Gasteiger partial charge in [0.05, 0.1) is 10.2 Å². The molecule has 0 radical (unpaired) electrons. The summed E-state index contributed by atoms with van der Waals surface area (Å²) in [6, 6.07) is 16.4. The highest BCUT2D eigenvalue weighted by Crippen LogP contribution is 2.28. The van der Waals surface area contributed by atoms with Crippen molar-refractivity contribution in [1.29, 1.82) is 0 Å². The Balaban J connectivity index is 1.46. The van der Waals surface area contributed by atoms with Crippen LogP contribution in [0.2, 0.25) is 0 Å². The van der Waals surface area contributed by atoms with Crippen LogP contribution in [0.3, 0.4) is 0 Å². The van der Waals surface area contributed by atoms with Gasteiger partial charge in [-0.2, -0.15) is 0 Å². The standard InChI is InChI=1S/C29H35N5O4S/c1-4-5-11-26(28(36)33-18-16-32(17-19-33)23-12-14-24(15-13-23)34(37)38)39-29-30-21(2)25(27(35)31(29)3)20-22-9-7-6-8-10-22/h6-10,12-15,26H,4-5,11,16-20H2,1-3H3. The molecule has 0 N–H and O–H groups in total. The van der Waals surface area contributed by atoms with Gasteiger partial charge in [-0.1, -0.05) is 61.9 Å². The van der Waals surface area contributed by atoms with Crippen molar-refractivity contribution in [2.45, 2.75) is 49.9 Å². The number of anilines is 1. The summed E-state index contributed by atoms with van der Waals surface area (Å²) in [7, 11) is 1.73. The Morgan fingerprint density at radius 1 is 1.08 bits per heavy atom. The third-order valence-electron chi connectivity index (χ3n) is 7.13. The summed E-state index contributed by atoms with van der Waals surface area (Å²) >= 11 is 1.39. The smallest absolute Gasteiger partial charge is 0.269 e. The lowest BCUT2D eigenvalue weighted by Gasteiger charge is -2.37. The minimum absolute atomic E-state index is 0.0645. The van der Waals surface area contributed by atoms with Crippen LogP contribution in [0.1, 0.15) is 43.0 Å². The highest BCUT2D eigenvalue weighted by atomic mass is 32.2. The normalized spacial score (nSPS) is 14.3. The van der Waals surface area contributed by atoms with Gasteiger partial charge in [-0.3, -0.25) is 24.3 Å². The molecule has 206 valence electrons. The molecular formula is C29H35N5O4S. The fraction of sp³-hybridized carbons (Fsp3) is 0.414. The zero-order chi connectivity index (χ0) is 27.9. The molecule has 0 saturated carbocycles. The minimum Gasteiger partial charge on any atom is -0.368 e. The van der Waals surface area contributed by atoms with Crippen molar-refractivity contribution in [2.24, 2.45) is 7.05 Å². The molecular weight excluding hydrogens is 514 g/mol. The lowest BCUT2D eigenvalue weighted by Crippen LogP contribution is -2.51. The first-order chi connectivity index (χ1) is 18.8. The van der Waals surface area contributed by atoms with Crippen LogP contribution in [-0.2, 0) is 18.3 Å². The van der Waals surface area contributed by atoms with Crippen LogP contribution < -0.4 is 10.5 Å². The van der Waals surface area contributed by atoms with Crippen LogP contribution in [0.15, 0.2) is 64.5 Å². The topological polar surface area (TPSA) is 102 Å². The molecule has 1 unspecified atom stereocenters. The van der Waals surface area contributed by atoms with E-state index in [1.807, 2.05) is 42.2 Å². The number of non-ortho nitro benzene ring substituents is 1. The summed E-state index contributed by atoms with van der Waals surface area (Å²) in [4.78, 5) is 46.3. The first kappa shape index (κ1) is 28.4. The largest absolute Gasteiger partial charge is 0.368 e. The highest BCUT2D eigenvalue weighted by molar-refractivity contribution is 8.00. The molecule has 2 heterocycles. The van der Waals surface area contributed by atoms with Crippen molar-refractivity contribution in [1.82, 2.24) is 14.5 Å². The number of nitrogens with zero attached hydrogens (tertiary/aromatic N) is 5. The number of carbonyl (C=O) groups excluding carboxylic acids is 1. The zero-order valence-electron chi connectivity index (χ0n) is 22.7. The maximum atomic E-state index is 13.7. The number of aromatic nitrogens is 2. The van der Waals surface area contributed by atoms with Crippen molar-refractivity contribution in [3.05, 3.63) is 91.9 Å². The Hall–Kier alpha value is -3.66. The van der Waals surface area contributed by atoms with Crippen LogP contribution in [0.4, 0.5) is 11.4 Å². The molecule has 1 aromatic heterocycles. The van der Waals surface area contributed by atoms with Crippen LogP contribution in [0, 0.1) is 17.0 Å². The van der Waals surface area contributed by atoms with Crippen LogP contribution >= 0.6 is 11.8 Å². The van der Waals surface area contributed by atoms with Crippen LogP contribution in [-0.4, -0.2) is 56.7 Å². The van der Waals surface area contributed by atoms with Gasteiger partial charge in [0.2, 0.25) is 5.91 Å². The van der Waals surface area contributed by atoms with E-state index >= 15 is 0 Å². The van der Waals surface area contributed by atoms with E-state index in [4.69, 9.17) is 4.98 Å². The number of aryl methyl sites for hydroxylation is 1. The highest BCUT2D eigenvalue weighted by Gasteiger charge is 2.29. The Bertz CT molecular complexity index is 1350. The van der Waals surface area contributed by atoms with E-state index in [9.17, 15) is 19.7 Å². The Kier molecular flexibility index (Phi) is 9.40. The monoisotopic (exact) mass is 549 g/mol. The number of benzene rings is 2. The number of hydrogen-bond acceptors (Lipinski definition) is 7. The van der Waals surface area contributed by atoms with Gasteiger partial charge < -0.3 is 9.80 Å². The zero-order valence-corrected chi connectivity index (χ0v) is 23.5. The molecule has 39 heavy (non-hydrogen) atoms. The molecule has 0 aliphatic carbocycles. The molecule has 1 fully saturated rings. The van der Waals surface area contributed by atoms with Crippen molar-refractivity contribution in [3.63, 3.8) is 0 Å². The number of unbranched alkanes of at least 4 members (excludes halogenated alkanes) is 1. The van der Waals surface area contributed by atoms with Gasteiger partial charge in [0, 0.05) is 68.7 Å². The maximum absolute atomic E-state index is 13.7. The van der Waals surface area contributed by atoms with Crippen molar-refractivity contribution >= 4 is 29.0 Å². The van der Waals surface area contributed by atoms with Gasteiger partial charge in [0.15, 0.2) is 5.16 Å². The Morgan fingerprint density at radius 2 is 1.74 bits per heavy atom. The number of piperazine rings is 1. The number of rotatable bonds is 10. The van der Waals surface area contributed by atoms with Crippen LogP contribution in [0.25, 0.3) is 0 Å². The number of nitro benzene ring substituents is 1. The molecule has 1 atom stereocenters. The van der Waals surface area contributed by atoms with Gasteiger partial charge >= 0.3 is 0 Å². The Labute approximate surface area is 233 Å². The second-order valence-corrected chi connectivity index (χ2v) is 11.0. The van der Waals surface area contributed by atoms with E-state index in [2.05, 4.69) is 11.8 Å². The van der Waals surface area contributed by atoms with E-state index in [1.165, 1.54) is 23.9 Å². The molecule has 3 aromatic rings. The SMILES string of the molecule is CCCCC(Sc1nc(C)c(Cc2ccccc2)c(=O)n1C)C(=O)N1CCN(c2ccc([N+](=O)[O-])cc2)CC1. The maximum Gasteiger partial charge on any atom is 0.269 e. The van der Waals surface area contributed by atoms with E-state index in [-0.39, 0.29) is 22.4 Å². The summed E-state index contributed by atoms with van der Waals surface area (Å²) in [5.41, 5.74) is 3.33. The molecule has 4 rings (SSSR count). The molecule has 1 amide bonds.